The second kappa shape index (κ2) is 10.4. The zero-order chi connectivity index (χ0) is 25.1. The molecule has 1 unspecified atom stereocenters. The predicted molar refractivity (Wildman–Crippen MR) is 145 cm³/mol. The van der Waals surface area contributed by atoms with Crippen molar-refractivity contribution >= 4 is 44.9 Å². The molecule has 6 rings (SSSR count). The summed E-state index contributed by atoms with van der Waals surface area (Å²) in [5, 5.41) is 11.8. The van der Waals surface area contributed by atoms with Gasteiger partial charge in [0.2, 0.25) is 0 Å². The van der Waals surface area contributed by atoms with Gasteiger partial charge in [-0.3, -0.25) is 4.98 Å². The molecule has 0 radical (unpaired) electrons. The maximum Gasteiger partial charge on any atom is 0.172 e. The van der Waals surface area contributed by atoms with Gasteiger partial charge < -0.3 is 16.8 Å². The zero-order valence-corrected chi connectivity index (χ0v) is 21.4. The number of hydrogen-bond donors (Lipinski definition) is 3. The Labute approximate surface area is 216 Å². The maximum absolute atomic E-state index is 6.09. The number of nitrogens with one attached hydrogen (secondary N) is 1. The second-order valence-corrected chi connectivity index (χ2v) is 9.37. The number of hydrogen-bond acceptors (Lipinski definition) is 8. The number of nitrogen functional groups attached to an aromatic ring is 2. The Kier molecular flexibility index (Phi) is 6.92. The molecule has 0 aliphatic carbocycles. The topological polar surface area (TPSA) is 137 Å². The molecule has 36 heavy (non-hydrogen) atoms. The molecule has 184 valence electrons. The van der Waals surface area contributed by atoms with Crippen molar-refractivity contribution in [3.05, 3.63) is 70.9 Å². The number of anilines is 2. The first-order chi connectivity index (χ1) is 17.5. The van der Waals surface area contributed by atoms with Gasteiger partial charge in [-0.25, -0.2) is 9.97 Å². The van der Waals surface area contributed by atoms with Gasteiger partial charge in [0.25, 0.3) is 0 Å². The number of allylic oxidation sites excluding steroid dienone is 1. The smallest absolute Gasteiger partial charge is 0.172 e. The van der Waals surface area contributed by atoms with Crippen molar-refractivity contribution in [2.45, 2.75) is 25.7 Å². The second-order valence-electron chi connectivity index (χ2n) is 8.51. The zero-order valence-electron chi connectivity index (χ0n) is 19.8. The van der Waals surface area contributed by atoms with E-state index < -0.39 is 0 Å². The SMILES string of the molecule is C/C=C/c1cnn2c(N)cc(C3CCCNC3)nc12.Nc1cc(-c2ccncc2)nc2c(Br)cnn12. The molecule has 11 heteroatoms. The molecule has 5 aromatic heterocycles. The van der Waals surface area contributed by atoms with Gasteiger partial charge in [-0.15, -0.1) is 0 Å². The van der Waals surface area contributed by atoms with E-state index in [0.29, 0.717) is 23.2 Å². The number of nitrogens with two attached hydrogens (primary N) is 2. The number of nitrogens with zero attached hydrogens (tertiary/aromatic N) is 7. The van der Waals surface area contributed by atoms with Crippen molar-refractivity contribution in [2.24, 2.45) is 0 Å². The summed E-state index contributed by atoms with van der Waals surface area (Å²) in [6.07, 6.45) is 13.3. The summed E-state index contributed by atoms with van der Waals surface area (Å²) in [7, 11) is 0. The number of fused-ring (bicyclic) bond motifs is 2. The fourth-order valence-corrected chi connectivity index (χ4v) is 4.61. The van der Waals surface area contributed by atoms with Crippen LogP contribution >= 0.6 is 15.9 Å². The summed E-state index contributed by atoms with van der Waals surface area (Å²) in [5.74, 6) is 1.66. The molecule has 5 N–H and O–H groups in total. The Balaban J connectivity index is 0.000000149. The fourth-order valence-electron chi connectivity index (χ4n) is 4.26. The van der Waals surface area contributed by atoms with Gasteiger partial charge in [-0.2, -0.15) is 19.2 Å². The third-order valence-electron chi connectivity index (χ3n) is 6.04. The third-order valence-corrected chi connectivity index (χ3v) is 6.60. The molecule has 0 spiro atoms. The minimum Gasteiger partial charge on any atom is -0.384 e. The van der Waals surface area contributed by atoms with Crippen LogP contribution in [0.2, 0.25) is 0 Å². The highest BCUT2D eigenvalue weighted by atomic mass is 79.9. The van der Waals surface area contributed by atoms with Crippen LogP contribution in [0.1, 0.15) is 36.9 Å². The van der Waals surface area contributed by atoms with Crippen molar-refractivity contribution < 1.29 is 0 Å². The molecule has 0 bridgehead atoms. The summed E-state index contributed by atoms with van der Waals surface area (Å²) >= 11 is 3.39. The highest BCUT2D eigenvalue weighted by molar-refractivity contribution is 9.10. The number of pyridine rings is 1. The monoisotopic (exact) mass is 546 g/mol. The number of halogens is 1. The molecule has 0 saturated carbocycles. The van der Waals surface area contributed by atoms with E-state index >= 15 is 0 Å². The van der Waals surface area contributed by atoms with Crippen LogP contribution in [-0.2, 0) is 0 Å². The molecule has 1 atom stereocenters. The predicted octanol–water partition coefficient (Wildman–Crippen LogP) is 3.95. The van der Waals surface area contributed by atoms with Crippen LogP contribution < -0.4 is 16.8 Å². The molecular weight excluding hydrogens is 520 g/mol. The summed E-state index contributed by atoms with van der Waals surface area (Å²) in [6.45, 7) is 4.07. The molecular formula is C25H27BrN10. The fraction of sp³-hybridized carbons (Fsp3) is 0.240. The van der Waals surface area contributed by atoms with E-state index in [9.17, 15) is 0 Å². The van der Waals surface area contributed by atoms with Gasteiger partial charge in [-0.05, 0) is 54.4 Å². The standard InChI is InChI=1S/C14H19N5.C11H8BrN5/c1-2-4-11-9-17-19-13(15)7-12(18-14(11)19)10-5-3-6-16-8-10;12-8-6-15-17-10(13)5-9(16-11(8)17)7-1-3-14-4-2-7/h2,4,7,9-10,16H,3,5-6,8,15H2,1H3;1-6H,13H2/b4-2+;. The van der Waals surface area contributed by atoms with Crippen LogP contribution in [0, 0.1) is 0 Å². The number of aromatic nitrogens is 7. The van der Waals surface area contributed by atoms with E-state index in [1.54, 1.807) is 33.7 Å². The maximum atomic E-state index is 6.09. The first kappa shape index (κ1) is 23.9. The average molecular weight is 547 g/mol. The summed E-state index contributed by atoms with van der Waals surface area (Å²) in [6, 6.07) is 7.53. The van der Waals surface area contributed by atoms with Crippen molar-refractivity contribution in [3.63, 3.8) is 0 Å². The van der Waals surface area contributed by atoms with E-state index in [2.05, 4.69) is 41.4 Å². The van der Waals surface area contributed by atoms with Crippen LogP contribution in [-0.4, -0.2) is 47.3 Å². The minimum atomic E-state index is 0.453. The lowest BCUT2D eigenvalue weighted by Gasteiger charge is -2.22. The molecule has 1 aliphatic heterocycles. The molecule has 1 saturated heterocycles. The Morgan fingerprint density at radius 1 is 1.03 bits per heavy atom. The van der Waals surface area contributed by atoms with Gasteiger partial charge in [0.1, 0.15) is 11.6 Å². The van der Waals surface area contributed by atoms with Crippen LogP contribution in [0.15, 0.2) is 59.6 Å². The van der Waals surface area contributed by atoms with Crippen molar-refractivity contribution in [2.75, 3.05) is 24.6 Å². The van der Waals surface area contributed by atoms with Crippen molar-refractivity contribution in [1.82, 2.24) is 39.5 Å². The minimum absolute atomic E-state index is 0.453. The Morgan fingerprint density at radius 3 is 2.53 bits per heavy atom. The van der Waals surface area contributed by atoms with Gasteiger partial charge in [-0.1, -0.05) is 12.2 Å². The van der Waals surface area contributed by atoms with Crippen LogP contribution in [0.25, 0.3) is 28.6 Å². The number of piperidine rings is 1. The molecule has 1 aliphatic rings. The highest BCUT2D eigenvalue weighted by Crippen LogP contribution is 2.26. The molecule has 0 amide bonds. The first-order valence-corrected chi connectivity index (χ1v) is 12.5. The van der Waals surface area contributed by atoms with E-state index in [0.717, 1.165) is 45.7 Å². The lowest BCUT2D eigenvalue weighted by molar-refractivity contribution is 0.455. The molecule has 6 heterocycles. The van der Waals surface area contributed by atoms with E-state index in [-0.39, 0.29) is 0 Å². The third kappa shape index (κ3) is 4.79. The Hall–Kier alpha value is -3.83. The summed E-state index contributed by atoms with van der Waals surface area (Å²) in [5.41, 5.74) is 17.4. The largest absolute Gasteiger partial charge is 0.384 e. The molecule has 0 aromatic carbocycles. The highest BCUT2D eigenvalue weighted by Gasteiger charge is 2.19. The van der Waals surface area contributed by atoms with Gasteiger partial charge in [0, 0.05) is 48.1 Å². The molecule has 10 nitrogen and oxygen atoms in total. The van der Waals surface area contributed by atoms with E-state index in [1.807, 2.05) is 43.5 Å². The number of rotatable bonds is 3. The summed E-state index contributed by atoms with van der Waals surface area (Å²) in [4.78, 5) is 13.3. The van der Waals surface area contributed by atoms with E-state index in [1.165, 1.54) is 12.8 Å². The summed E-state index contributed by atoms with van der Waals surface area (Å²) < 4.78 is 4.12. The van der Waals surface area contributed by atoms with E-state index in [4.69, 9.17) is 16.5 Å². The molecule has 5 aromatic rings. The first-order valence-electron chi connectivity index (χ1n) is 11.7. The normalized spacial score (nSPS) is 15.9. The van der Waals surface area contributed by atoms with Gasteiger partial charge in [0.05, 0.1) is 28.3 Å². The average Bonchev–Trinajstić information content (AvgIpc) is 3.50. The lowest BCUT2D eigenvalue weighted by atomic mass is 9.96. The molecule has 1 fully saturated rings. The van der Waals surface area contributed by atoms with Gasteiger partial charge >= 0.3 is 0 Å². The van der Waals surface area contributed by atoms with Gasteiger partial charge in [0.15, 0.2) is 11.3 Å². The van der Waals surface area contributed by atoms with Crippen LogP contribution in [0.3, 0.4) is 0 Å². The van der Waals surface area contributed by atoms with Crippen molar-refractivity contribution in [1.29, 1.82) is 0 Å². The Bertz CT molecular complexity index is 1520. The quantitative estimate of drug-likeness (QED) is 0.309. The van der Waals surface area contributed by atoms with Crippen LogP contribution in [0.4, 0.5) is 11.6 Å². The van der Waals surface area contributed by atoms with Crippen LogP contribution in [0.5, 0.6) is 0 Å². The Morgan fingerprint density at radius 2 is 1.78 bits per heavy atom. The lowest BCUT2D eigenvalue weighted by Crippen LogP contribution is -2.29. The van der Waals surface area contributed by atoms with Crippen molar-refractivity contribution in [3.8, 4) is 11.3 Å².